The average molecular weight is 599 g/mol. The molecule has 0 saturated carbocycles. The number of nitrogens with zero attached hydrogens (tertiary/aromatic N) is 4. The zero-order valence-electron chi connectivity index (χ0n) is 22.6. The third kappa shape index (κ3) is 7.47. The van der Waals surface area contributed by atoms with Crippen LogP contribution >= 0.6 is 22.9 Å². The van der Waals surface area contributed by atoms with E-state index in [2.05, 4.69) is 28.9 Å². The van der Waals surface area contributed by atoms with Crippen molar-refractivity contribution in [3.8, 4) is 0 Å². The second-order valence-corrected chi connectivity index (χ2v) is 11.5. The molecular weight excluding hydrogens is 569 g/mol. The van der Waals surface area contributed by atoms with Crippen LogP contribution < -0.4 is 4.90 Å². The molecule has 5 nitrogen and oxygen atoms in total. The van der Waals surface area contributed by atoms with E-state index in [1.165, 1.54) is 34.7 Å². The summed E-state index contributed by atoms with van der Waals surface area (Å²) in [4.78, 5) is 24.1. The number of carbonyl (C=O) groups is 1. The highest BCUT2D eigenvalue weighted by molar-refractivity contribution is 7.09. The second-order valence-electron chi connectivity index (χ2n) is 10.2. The number of para-hydroxylation sites is 1. The SMILES string of the molecule is Cc1ccccc1N1CCN(C(=O)c2csc(CN(Cc3cccc(Cl)c3)Cc3cccc(C(F)(F)F)c3)n2)CC1. The van der Waals surface area contributed by atoms with Gasteiger partial charge in [0.15, 0.2) is 0 Å². The van der Waals surface area contributed by atoms with Crippen molar-refractivity contribution in [3.05, 3.63) is 116 Å². The molecule has 3 aromatic carbocycles. The molecule has 4 aromatic rings. The maximum absolute atomic E-state index is 13.3. The molecule has 0 bridgehead atoms. The quantitative estimate of drug-likeness (QED) is 0.214. The number of alkyl halides is 3. The number of piperazine rings is 1. The van der Waals surface area contributed by atoms with Crippen LogP contribution in [0.4, 0.5) is 18.9 Å². The van der Waals surface area contributed by atoms with Crippen molar-refractivity contribution in [3.63, 3.8) is 0 Å². The largest absolute Gasteiger partial charge is 0.416 e. The molecule has 10 heteroatoms. The molecule has 0 N–H and O–H groups in total. The minimum atomic E-state index is -4.41. The van der Waals surface area contributed by atoms with E-state index in [9.17, 15) is 18.0 Å². The first-order valence-electron chi connectivity index (χ1n) is 13.3. The maximum atomic E-state index is 13.3. The first kappa shape index (κ1) is 29.1. The molecule has 1 amide bonds. The molecule has 1 fully saturated rings. The summed E-state index contributed by atoms with van der Waals surface area (Å²) < 4.78 is 40.0. The predicted molar refractivity (Wildman–Crippen MR) is 157 cm³/mol. The van der Waals surface area contributed by atoms with Gasteiger partial charge in [-0.1, -0.05) is 60.1 Å². The Morgan fingerprint density at radius 2 is 1.61 bits per heavy atom. The Kier molecular flexibility index (Phi) is 8.97. The number of rotatable bonds is 8. The minimum absolute atomic E-state index is 0.101. The van der Waals surface area contributed by atoms with Crippen LogP contribution in [0.2, 0.25) is 5.02 Å². The van der Waals surface area contributed by atoms with Crippen LogP contribution in [-0.4, -0.2) is 46.9 Å². The first-order valence-corrected chi connectivity index (χ1v) is 14.6. The lowest BCUT2D eigenvalue weighted by atomic mass is 10.1. The Labute approximate surface area is 246 Å². The number of amides is 1. The van der Waals surface area contributed by atoms with E-state index in [1.807, 2.05) is 40.1 Å². The summed E-state index contributed by atoms with van der Waals surface area (Å²) in [6.07, 6.45) is -4.41. The van der Waals surface area contributed by atoms with Crippen molar-refractivity contribution in [2.24, 2.45) is 0 Å². The van der Waals surface area contributed by atoms with Gasteiger partial charge in [-0.25, -0.2) is 4.98 Å². The van der Waals surface area contributed by atoms with Gasteiger partial charge in [0.25, 0.3) is 5.91 Å². The molecule has 0 atom stereocenters. The zero-order valence-corrected chi connectivity index (χ0v) is 24.1. The smallest absolute Gasteiger partial charge is 0.368 e. The van der Waals surface area contributed by atoms with Gasteiger partial charge in [0, 0.05) is 55.4 Å². The summed E-state index contributed by atoms with van der Waals surface area (Å²) in [7, 11) is 0. The number of hydrogen-bond donors (Lipinski definition) is 0. The summed E-state index contributed by atoms with van der Waals surface area (Å²) >= 11 is 7.57. The van der Waals surface area contributed by atoms with Crippen molar-refractivity contribution in [2.75, 3.05) is 31.1 Å². The van der Waals surface area contributed by atoms with E-state index < -0.39 is 11.7 Å². The van der Waals surface area contributed by atoms with Gasteiger partial charge >= 0.3 is 6.18 Å². The lowest BCUT2D eigenvalue weighted by molar-refractivity contribution is -0.137. The van der Waals surface area contributed by atoms with E-state index in [0.29, 0.717) is 42.5 Å². The molecule has 0 aliphatic carbocycles. The van der Waals surface area contributed by atoms with Gasteiger partial charge in [-0.2, -0.15) is 13.2 Å². The highest BCUT2D eigenvalue weighted by atomic mass is 35.5. The Bertz CT molecular complexity index is 1500. The van der Waals surface area contributed by atoms with Gasteiger partial charge < -0.3 is 9.80 Å². The fourth-order valence-corrected chi connectivity index (χ4v) is 6.09. The average Bonchev–Trinajstić information content (AvgIpc) is 3.41. The number of benzene rings is 3. The molecule has 1 aliphatic heterocycles. The fourth-order valence-electron chi connectivity index (χ4n) is 5.07. The molecule has 1 saturated heterocycles. The van der Waals surface area contributed by atoms with Crippen LogP contribution in [0.15, 0.2) is 78.2 Å². The summed E-state index contributed by atoms with van der Waals surface area (Å²) in [5, 5.41) is 3.08. The number of halogens is 4. The van der Waals surface area contributed by atoms with Crippen molar-refractivity contribution < 1.29 is 18.0 Å². The molecule has 5 rings (SSSR count). The molecule has 0 unspecified atom stereocenters. The Hall–Kier alpha value is -3.40. The van der Waals surface area contributed by atoms with Crippen LogP contribution in [0.3, 0.4) is 0 Å². The van der Waals surface area contributed by atoms with Crippen LogP contribution in [0, 0.1) is 6.92 Å². The Morgan fingerprint density at radius 3 is 2.29 bits per heavy atom. The number of hydrogen-bond acceptors (Lipinski definition) is 5. The first-order chi connectivity index (χ1) is 19.7. The van der Waals surface area contributed by atoms with Crippen LogP contribution in [0.1, 0.15) is 37.7 Å². The molecule has 1 aromatic heterocycles. The van der Waals surface area contributed by atoms with Crippen molar-refractivity contribution >= 4 is 34.5 Å². The van der Waals surface area contributed by atoms with Crippen LogP contribution in [0.25, 0.3) is 0 Å². The van der Waals surface area contributed by atoms with Crippen LogP contribution in [-0.2, 0) is 25.8 Å². The number of aryl methyl sites for hydroxylation is 1. The van der Waals surface area contributed by atoms with E-state index in [0.717, 1.165) is 29.7 Å². The van der Waals surface area contributed by atoms with Gasteiger partial charge in [-0.05, 0) is 47.9 Å². The number of anilines is 1. The van der Waals surface area contributed by atoms with Gasteiger partial charge in [0.1, 0.15) is 10.7 Å². The highest BCUT2D eigenvalue weighted by Crippen LogP contribution is 2.30. The highest BCUT2D eigenvalue weighted by Gasteiger charge is 2.30. The minimum Gasteiger partial charge on any atom is -0.368 e. The van der Waals surface area contributed by atoms with Gasteiger partial charge in [-0.15, -0.1) is 11.3 Å². The van der Waals surface area contributed by atoms with Crippen molar-refractivity contribution in [1.82, 2.24) is 14.8 Å². The maximum Gasteiger partial charge on any atom is 0.416 e. The standard InChI is InChI=1S/C31H30ClF3N4OS/c1-22-6-2-3-11-28(22)38-12-14-39(15-13-38)30(40)27-21-41-29(36-27)20-37(19-24-8-5-10-26(32)17-24)18-23-7-4-9-25(16-23)31(33,34)35/h2-11,16-17,21H,12-15,18-20H2,1H3. The normalized spacial score (nSPS) is 14.1. The number of carbonyl (C=O) groups excluding carboxylic acids is 1. The van der Waals surface area contributed by atoms with Gasteiger partial charge in [0.05, 0.1) is 12.1 Å². The summed E-state index contributed by atoms with van der Waals surface area (Å²) in [5.74, 6) is -0.101. The second kappa shape index (κ2) is 12.6. The van der Waals surface area contributed by atoms with Gasteiger partial charge in [-0.3, -0.25) is 9.69 Å². The third-order valence-corrected chi connectivity index (χ3v) is 8.18. The van der Waals surface area contributed by atoms with Gasteiger partial charge in [0.2, 0.25) is 0 Å². The summed E-state index contributed by atoms with van der Waals surface area (Å²) in [6, 6.07) is 21.0. The van der Waals surface area contributed by atoms with E-state index in [1.54, 1.807) is 17.5 Å². The Morgan fingerprint density at radius 1 is 0.927 bits per heavy atom. The molecule has 41 heavy (non-hydrogen) atoms. The predicted octanol–water partition coefficient (Wildman–Crippen LogP) is 7.29. The monoisotopic (exact) mass is 598 g/mol. The molecule has 0 radical (unpaired) electrons. The fraction of sp³-hybridized carbons (Fsp3) is 0.290. The van der Waals surface area contributed by atoms with Crippen molar-refractivity contribution in [1.29, 1.82) is 0 Å². The van der Waals surface area contributed by atoms with Crippen LogP contribution in [0.5, 0.6) is 0 Å². The third-order valence-electron chi connectivity index (χ3n) is 7.11. The van der Waals surface area contributed by atoms with Crippen molar-refractivity contribution in [2.45, 2.75) is 32.7 Å². The van der Waals surface area contributed by atoms with E-state index >= 15 is 0 Å². The zero-order chi connectivity index (χ0) is 29.0. The van der Waals surface area contributed by atoms with E-state index in [-0.39, 0.29) is 12.5 Å². The molecule has 0 spiro atoms. The molecule has 1 aliphatic rings. The molecule has 214 valence electrons. The number of aromatic nitrogens is 1. The summed E-state index contributed by atoms with van der Waals surface area (Å²) in [5.41, 5.74) is 3.60. The molecular formula is C31H30ClF3N4OS. The Balaban J connectivity index is 1.27. The topological polar surface area (TPSA) is 39.7 Å². The lowest BCUT2D eigenvalue weighted by Gasteiger charge is -2.36. The number of thiazole rings is 1. The lowest BCUT2D eigenvalue weighted by Crippen LogP contribution is -2.49. The summed E-state index contributed by atoms with van der Waals surface area (Å²) in [6.45, 7) is 5.91. The molecule has 2 heterocycles. The van der Waals surface area contributed by atoms with E-state index in [4.69, 9.17) is 11.6 Å².